The van der Waals surface area contributed by atoms with Crippen LogP contribution in [-0.4, -0.2) is 24.4 Å². The number of rotatable bonds is 4. The van der Waals surface area contributed by atoms with Crippen LogP contribution in [0.3, 0.4) is 0 Å². The smallest absolute Gasteiger partial charge is 0.263 e. The van der Waals surface area contributed by atoms with Crippen LogP contribution in [0, 0.1) is 0 Å². The van der Waals surface area contributed by atoms with Crippen molar-refractivity contribution in [1.82, 2.24) is 5.32 Å². The Bertz CT molecular complexity index is 829. The molecule has 1 aliphatic heterocycles. The van der Waals surface area contributed by atoms with Gasteiger partial charge in [-0.05, 0) is 34.9 Å². The Morgan fingerprint density at radius 3 is 2.25 bits per heavy atom. The van der Waals surface area contributed by atoms with Crippen molar-refractivity contribution in [1.29, 1.82) is 0 Å². The maximum Gasteiger partial charge on any atom is 0.263 e. The van der Waals surface area contributed by atoms with Crippen LogP contribution in [0.2, 0.25) is 0 Å². The lowest BCUT2D eigenvalue weighted by Gasteiger charge is -2.10. The summed E-state index contributed by atoms with van der Waals surface area (Å²) in [6.07, 6.45) is 1.83. The second-order valence-electron chi connectivity index (χ2n) is 5.04. The average molecular weight is 357 g/mol. The third kappa shape index (κ3) is 3.44. The average Bonchev–Trinajstić information content (AvgIpc) is 2.92. The molecule has 0 aliphatic carbocycles. The third-order valence-electron chi connectivity index (χ3n) is 3.57. The molecule has 0 bridgehead atoms. The van der Waals surface area contributed by atoms with Gasteiger partial charge in [-0.15, -0.1) is 0 Å². The number of thiocarbonyl (C=S) groups is 1. The van der Waals surface area contributed by atoms with E-state index >= 15 is 0 Å². The highest BCUT2D eigenvalue weighted by atomic mass is 32.2. The number of nitrogens with one attached hydrogen (secondary N) is 1. The molecule has 1 heterocycles. The van der Waals surface area contributed by atoms with Gasteiger partial charge in [0, 0.05) is 0 Å². The van der Waals surface area contributed by atoms with E-state index in [2.05, 4.69) is 5.32 Å². The summed E-state index contributed by atoms with van der Waals surface area (Å²) in [6, 6.07) is 13.7. The van der Waals surface area contributed by atoms with Gasteiger partial charge in [0.05, 0.1) is 19.1 Å². The Kier molecular flexibility index (Phi) is 4.87. The molecule has 122 valence electrons. The molecule has 1 fully saturated rings. The maximum atomic E-state index is 11.7. The van der Waals surface area contributed by atoms with E-state index in [9.17, 15) is 4.79 Å². The summed E-state index contributed by atoms with van der Waals surface area (Å²) in [4.78, 5) is 12.3. The van der Waals surface area contributed by atoms with Gasteiger partial charge in [-0.3, -0.25) is 4.79 Å². The van der Waals surface area contributed by atoms with Gasteiger partial charge < -0.3 is 14.8 Å². The highest BCUT2D eigenvalue weighted by molar-refractivity contribution is 8.26. The highest BCUT2D eigenvalue weighted by Crippen LogP contribution is 2.32. The molecule has 4 nitrogen and oxygen atoms in total. The predicted octanol–water partition coefficient (Wildman–Crippen LogP) is 3.86. The van der Waals surface area contributed by atoms with Crippen LogP contribution in [-0.2, 0) is 4.79 Å². The summed E-state index contributed by atoms with van der Waals surface area (Å²) in [7, 11) is 3.23. The molecule has 0 atom stereocenters. The van der Waals surface area contributed by atoms with Crippen LogP contribution >= 0.6 is 24.0 Å². The maximum absolute atomic E-state index is 11.7. The Hall–Kier alpha value is -2.31. The number of benzene rings is 2. The van der Waals surface area contributed by atoms with E-state index in [0.29, 0.717) is 20.7 Å². The van der Waals surface area contributed by atoms with E-state index in [1.807, 2.05) is 48.5 Å². The lowest BCUT2D eigenvalue weighted by atomic mass is 10.0. The molecule has 0 unspecified atom stereocenters. The standard InChI is InChI=1S/C18H15NO3S2/c1-21-14-8-7-13(10-15(14)22-2)12-5-3-11(4-6-12)9-16-17(20)19-18(23)24-16/h3-10H,1-2H3,(H,19,20,23)/b16-9-. The molecular weight excluding hydrogens is 342 g/mol. The van der Waals surface area contributed by atoms with Gasteiger partial charge in [0.2, 0.25) is 0 Å². The first-order valence-corrected chi connectivity index (χ1v) is 8.40. The van der Waals surface area contributed by atoms with E-state index in [1.54, 1.807) is 14.2 Å². The molecule has 1 N–H and O–H groups in total. The van der Waals surface area contributed by atoms with Gasteiger partial charge in [0.1, 0.15) is 4.32 Å². The van der Waals surface area contributed by atoms with Gasteiger partial charge in [0.25, 0.3) is 5.91 Å². The van der Waals surface area contributed by atoms with Crippen molar-refractivity contribution in [3.8, 4) is 22.6 Å². The zero-order valence-electron chi connectivity index (χ0n) is 13.2. The number of amides is 1. The van der Waals surface area contributed by atoms with Crippen LogP contribution in [0.25, 0.3) is 17.2 Å². The van der Waals surface area contributed by atoms with Crippen molar-refractivity contribution in [3.05, 3.63) is 52.9 Å². The van der Waals surface area contributed by atoms with Gasteiger partial charge in [0.15, 0.2) is 11.5 Å². The summed E-state index contributed by atoms with van der Waals surface area (Å²) < 4.78 is 11.1. The van der Waals surface area contributed by atoms with Crippen molar-refractivity contribution in [3.63, 3.8) is 0 Å². The van der Waals surface area contributed by atoms with Crippen LogP contribution in [0.5, 0.6) is 11.5 Å². The van der Waals surface area contributed by atoms with Gasteiger partial charge in [-0.1, -0.05) is 54.3 Å². The summed E-state index contributed by atoms with van der Waals surface area (Å²) in [6.45, 7) is 0. The molecule has 1 amide bonds. The van der Waals surface area contributed by atoms with Gasteiger partial charge in [-0.2, -0.15) is 0 Å². The zero-order chi connectivity index (χ0) is 17.1. The van der Waals surface area contributed by atoms with E-state index in [1.165, 1.54) is 11.8 Å². The summed E-state index contributed by atoms with van der Waals surface area (Å²) >= 11 is 6.27. The van der Waals surface area contributed by atoms with Crippen LogP contribution in [0.4, 0.5) is 0 Å². The number of hydrogen-bond acceptors (Lipinski definition) is 5. The topological polar surface area (TPSA) is 47.6 Å². The molecule has 24 heavy (non-hydrogen) atoms. The molecule has 2 aromatic carbocycles. The van der Waals surface area contributed by atoms with Gasteiger partial charge >= 0.3 is 0 Å². The van der Waals surface area contributed by atoms with Crippen molar-refractivity contribution in [2.75, 3.05) is 14.2 Å². The molecule has 1 saturated heterocycles. The molecule has 0 radical (unpaired) electrons. The molecule has 1 aliphatic rings. The number of methoxy groups -OCH3 is 2. The Labute approximate surface area is 149 Å². The fraction of sp³-hybridized carbons (Fsp3) is 0.111. The number of carbonyl (C=O) groups excluding carboxylic acids is 1. The van der Waals surface area contributed by atoms with Crippen molar-refractivity contribution >= 4 is 40.3 Å². The first-order chi connectivity index (χ1) is 11.6. The second-order valence-corrected chi connectivity index (χ2v) is 6.76. The molecule has 0 spiro atoms. The highest BCUT2D eigenvalue weighted by Gasteiger charge is 2.21. The van der Waals surface area contributed by atoms with Crippen molar-refractivity contribution in [2.24, 2.45) is 0 Å². The first-order valence-electron chi connectivity index (χ1n) is 7.18. The monoisotopic (exact) mass is 357 g/mol. The summed E-state index contributed by atoms with van der Waals surface area (Å²) in [5, 5.41) is 2.61. The van der Waals surface area contributed by atoms with Crippen LogP contribution in [0.1, 0.15) is 5.56 Å². The second kappa shape index (κ2) is 7.07. The number of thioether (sulfide) groups is 1. The fourth-order valence-electron chi connectivity index (χ4n) is 2.36. The Morgan fingerprint density at radius 1 is 1.00 bits per heavy atom. The first kappa shape index (κ1) is 16.5. The molecule has 3 rings (SSSR count). The van der Waals surface area contributed by atoms with E-state index in [0.717, 1.165) is 16.7 Å². The van der Waals surface area contributed by atoms with Crippen LogP contribution < -0.4 is 14.8 Å². The summed E-state index contributed by atoms with van der Waals surface area (Å²) in [5.74, 6) is 1.24. The van der Waals surface area contributed by atoms with Gasteiger partial charge in [-0.25, -0.2) is 0 Å². The minimum Gasteiger partial charge on any atom is -0.493 e. The fourth-order valence-corrected chi connectivity index (χ4v) is 3.40. The molecule has 6 heteroatoms. The third-order valence-corrected chi connectivity index (χ3v) is 4.73. The Balaban J connectivity index is 1.86. The van der Waals surface area contributed by atoms with E-state index in [4.69, 9.17) is 21.7 Å². The molecule has 0 aromatic heterocycles. The predicted molar refractivity (Wildman–Crippen MR) is 101 cm³/mol. The molecule has 0 saturated carbocycles. The Morgan fingerprint density at radius 2 is 1.67 bits per heavy atom. The molecule has 2 aromatic rings. The zero-order valence-corrected chi connectivity index (χ0v) is 14.8. The lowest BCUT2D eigenvalue weighted by Crippen LogP contribution is -2.17. The minimum absolute atomic E-state index is 0.144. The van der Waals surface area contributed by atoms with Crippen molar-refractivity contribution < 1.29 is 14.3 Å². The summed E-state index contributed by atoms with van der Waals surface area (Å²) in [5.41, 5.74) is 3.03. The van der Waals surface area contributed by atoms with E-state index < -0.39 is 0 Å². The van der Waals surface area contributed by atoms with Crippen LogP contribution in [0.15, 0.2) is 47.4 Å². The largest absolute Gasteiger partial charge is 0.493 e. The SMILES string of the molecule is COc1ccc(-c2ccc(/C=C3\SC(=S)NC3=O)cc2)cc1OC. The number of carbonyl (C=O) groups is 1. The number of ether oxygens (including phenoxy) is 2. The normalized spacial score (nSPS) is 15.5. The van der Waals surface area contributed by atoms with Crippen molar-refractivity contribution in [2.45, 2.75) is 0 Å². The minimum atomic E-state index is -0.144. The quantitative estimate of drug-likeness (QED) is 0.665. The number of hydrogen-bond donors (Lipinski definition) is 1. The molecular formula is C18H15NO3S2. The van der Waals surface area contributed by atoms with E-state index in [-0.39, 0.29) is 5.91 Å². The lowest BCUT2D eigenvalue weighted by molar-refractivity contribution is -0.115.